The molecule has 0 aromatic heterocycles. The van der Waals surface area contributed by atoms with Crippen molar-refractivity contribution in [2.75, 3.05) is 0 Å². The van der Waals surface area contributed by atoms with Crippen molar-refractivity contribution in [2.45, 2.75) is 29.5 Å². The summed E-state index contributed by atoms with van der Waals surface area (Å²) >= 11 is 15.5. The van der Waals surface area contributed by atoms with Crippen molar-refractivity contribution in [3.05, 3.63) is 23.8 Å². The molecule has 1 rings (SSSR count). The molecule has 1 aliphatic carbocycles. The molecule has 0 nitrogen and oxygen atoms in total. The molecule has 74 valence electrons. The van der Waals surface area contributed by atoms with Crippen LogP contribution >= 0.6 is 39.1 Å². The van der Waals surface area contributed by atoms with Gasteiger partial charge in [0.25, 0.3) is 0 Å². The molecule has 0 aromatic carbocycles. The fourth-order valence-electron chi connectivity index (χ4n) is 1.62. The third-order valence-electron chi connectivity index (χ3n) is 2.52. The van der Waals surface area contributed by atoms with E-state index in [2.05, 4.69) is 22.5 Å². The van der Waals surface area contributed by atoms with E-state index in [1.165, 1.54) is 5.57 Å². The van der Waals surface area contributed by atoms with Crippen LogP contribution in [0.15, 0.2) is 23.8 Å². The summed E-state index contributed by atoms with van der Waals surface area (Å²) in [6.45, 7) is 6.07. The van der Waals surface area contributed by atoms with Gasteiger partial charge in [-0.2, -0.15) is 0 Å². The molecule has 0 spiro atoms. The van der Waals surface area contributed by atoms with Crippen LogP contribution in [0.3, 0.4) is 0 Å². The first-order valence-corrected chi connectivity index (χ1v) is 5.98. The van der Waals surface area contributed by atoms with Crippen LogP contribution < -0.4 is 0 Å². The van der Waals surface area contributed by atoms with Gasteiger partial charge in [0, 0.05) is 10.4 Å². The lowest BCUT2D eigenvalue weighted by atomic mass is 9.79. The second-order valence-corrected chi connectivity index (χ2v) is 5.96. The van der Waals surface area contributed by atoms with E-state index in [1.807, 2.05) is 13.0 Å². The Hall–Kier alpha value is 0.540. The van der Waals surface area contributed by atoms with Crippen LogP contribution in [0.4, 0.5) is 0 Å². The van der Waals surface area contributed by atoms with Crippen molar-refractivity contribution in [1.29, 1.82) is 0 Å². The number of rotatable bonds is 1. The van der Waals surface area contributed by atoms with Crippen molar-refractivity contribution in [1.82, 2.24) is 0 Å². The fraction of sp³-hybridized carbons (Fsp3) is 0.600. The van der Waals surface area contributed by atoms with Gasteiger partial charge in [-0.3, -0.25) is 0 Å². The average molecular weight is 284 g/mol. The van der Waals surface area contributed by atoms with E-state index in [1.54, 1.807) is 5.54 Å². The van der Waals surface area contributed by atoms with Crippen LogP contribution in [0.2, 0.25) is 0 Å². The predicted octanol–water partition coefficient (Wildman–Crippen LogP) is 4.47. The second kappa shape index (κ2) is 4.37. The van der Waals surface area contributed by atoms with Gasteiger partial charge in [-0.05, 0) is 25.7 Å². The Kier molecular flexibility index (Phi) is 3.91. The standard InChI is InChI=1S/C10H13BrCl2/c1-7-6-10(2,13)9(11)5-8(7)3-4-12/h3-4,8-9H,1,5-6H2,2H3/b4-3+/t8-,9+,10-/m0/s1. The lowest BCUT2D eigenvalue weighted by molar-refractivity contribution is 0.456. The van der Waals surface area contributed by atoms with Crippen LogP contribution in [-0.4, -0.2) is 9.70 Å². The summed E-state index contributed by atoms with van der Waals surface area (Å²) in [4.78, 5) is 0.123. The van der Waals surface area contributed by atoms with Crippen LogP contribution in [0.1, 0.15) is 19.8 Å². The molecule has 0 radical (unpaired) electrons. The number of hydrogen-bond acceptors (Lipinski definition) is 0. The van der Waals surface area contributed by atoms with Gasteiger partial charge in [0.1, 0.15) is 0 Å². The maximum atomic E-state index is 6.32. The van der Waals surface area contributed by atoms with Gasteiger partial charge in [-0.25, -0.2) is 0 Å². The quantitative estimate of drug-likeness (QED) is 0.492. The second-order valence-electron chi connectivity index (χ2n) is 3.74. The fourth-order valence-corrected chi connectivity index (χ4v) is 2.62. The molecule has 3 heteroatoms. The summed E-state index contributed by atoms with van der Waals surface area (Å²) in [5.41, 5.74) is 2.73. The van der Waals surface area contributed by atoms with Gasteiger partial charge in [0.15, 0.2) is 0 Å². The first kappa shape index (κ1) is 11.6. The Balaban J connectivity index is 2.73. The molecular formula is C10H13BrCl2. The number of halogens is 3. The minimum atomic E-state index is -0.201. The molecule has 13 heavy (non-hydrogen) atoms. The summed E-state index contributed by atoms with van der Waals surface area (Å²) < 4.78 is 0. The molecule has 0 aromatic rings. The lowest BCUT2D eigenvalue weighted by Gasteiger charge is -2.37. The molecule has 0 bridgehead atoms. The molecule has 1 fully saturated rings. The molecule has 1 aliphatic rings. The topological polar surface area (TPSA) is 0 Å². The summed E-state index contributed by atoms with van der Waals surface area (Å²) in [6.07, 6.45) is 3.79. The van der Waals surface area contributed by atoms with Gasteiger partial charge in [0.2, 0.25) is 0 Å². The molecule has 0 unspecified atom stereocenters. The van der Waals surface area contributed by atoms with E-state index < -0.39 is 0 Å². The SMILES string of the molecule is C=C1C[C@](C)(Cl)[C@H](Br)C[C@@H]1/C=C/Cl. The van der Waals surface area contributed by atoms with E-state index in [9.17, 15) is 0 Å². The highest BCUT2D eigenvalue weighted by atomic mass is 79.9. The van der Waals surface area contributed by atoms with Gasteiger partial charge >= 0.3 is 0 Å². The van der Waals surface area contributed by atoms with Crippen molar-refractivity contribution < 1.29 is 0 Å². The van der Waals surface area contributed by atoms with Crippen molar-refractivity contribution in [3.8, 4) is 0 Å². The van der Waals surface area contributed by atoms with E-state index in [0.717, 1.165) is 12.8 Å². The van der Waals surface area contributed by atoms with E-state index in [4.69, 9.17) is 23.2 Å². The molecule has 0 heterocycles. The normalized spacial score (nSPS) is 41.4. The largest absolute Gasteiger partial charge is 0.118 e. The third kappa shape index (κ3) is 2.74. The minimum Gasteiger partial charge on any atom is -0.118 e. The van der Waals surface area contributed by atoms with Crippen molar-refractivity contribution >= 4 is 39.1 Å². The zero-order valence-corrected chi connectivity index (χ0v) is 10.7. The third-order valence-corrected chi connectivity index (χ3v) is 4.71. The number of alkyl halides is 2. The molecule has 1 saturated carbocycles. The predicted molar refractivity (Wildman–Crippen MR) is 63.8 cm³/mol. The van der Waals surface area contributed by atoms with Crippen molar-refractivity contribution in [2.24, 2.45) is 5.92 Å². The Bertz CT molecular complexity index is 233. The zero-order chi connectivity index (χ0) is 10.1. The molecule has 0 amide bonds. The van der Waals surface area contributed by atoms with Gasteiger partial charge in [0.05, 0.1) is 4.87 Å². The molecule has 3 atom stereocenters. The van der Waals surface area contributed by atoms with E-state index in [0.29, 0.717) is 10.7 Å². The Morgan fingerprint density at radius 1 is 1.69 bits per heavy atom. The maximum Gasteiger partial charge on any atom is 0.0580 e. The van der Waals surface area contributed by atoms with Crippen molar-refractivity contribution in [3.63, 3.8) is 0 Å². The van der Waals surface area contributed by atoms with Gasteiger partial charge in [-0.1, -0.05) is 45.8 Å². The summed E-state index contributed by atoms with van der Waals surface area (Å²) in [5, 5.41) is 0. The highest BCUT2D eigenvalue weighted by molar-refractivity contribution is 9.09. The molecular weight excluding hydrogens is 271 g/mol. The average Bonchev–Trinajstić information content (AvgIpc) is 2.00. The van der Waals surface area contributed by atoms with Crippen LogP contribution in [0.5, 0.6) is 0 Å². The molecule has 0 saturated heterocycles. The summed E-state index contributed by atoms with van der Waals surface area (Å²) in [7, 11) is 0. The summed E-state index contributed by atoms with van der Waals surface area (Å²) in [6, 6.07) is 0. The Morgan fingerprint density at radius 3 is 2.85 bits per heavy atom. The van der Waals surface area contributed by atoms with Crippen LogP contribution in [0, 0.1) is 5.92 Å². The van der Waals surface area contributed by atoms with Gasteiger partial charge in [-0.15, -0.1) is 11.6 Å². The molecule has 0 N–H and O–H groups in total. The Labute approximate surface area is 98.1 Å². The van der Waals surface area contributed by atoms with Crippen LogP contribution in [0.25, 0.3) is 0 Å². The summed E-state index contributed by atoms with van der Waals surface area (Å²) in [5.74, 6) is 0.369. The number of allylic oxidation sites excluding steroid dienone is 2. The zero-order valence-electron chi connectivity index (χ0n) is 7.56. The van der Waals surface area contributed by atoms with Crippen LogP contribution in [-0.2, 0) is 0 Å². The lowest BCUT2D eigenvalue weighted by Crippen LogP contribution is -2.36. The highest BCUT2D eigenvalue weighted by Gasteiger charge is 2.37. The highest BCUT2D eigenvalue weighted by Crippen LogP contribution is 2.43. The number of hydrogen-bond donors (Lipinski definition) is 0. The van der Waals surface area contributed by atoms with E-state index >= 15 is 0 Å². The molecule has 0 aliphatic heterocycles. The maximum absolute atomic E-state index is 6.32. The smallest absolute Gasteiger partial charge is 0.0580 e. The minimum absolute atomic E-state index is 0.201. The van der Waals surface area contributed by atoms with E-state index in [-0.39, 0.29) is 4.87 Å². The Morgan fingerprint density at radius 2 is 2.31 bits per heavy atom. The first-order chi connectivity index (χ1) is 5.97. The van der Waals surface area contributed by atoms with Gasteiger partial charge < -0.3 is 0 Å². The first-order valence-electron chi connectivity index (χ1n) is 4.25. The monoisotopic (exact) mass is 282 g/mol.